The van der Waals surface area contributed by atoms with Gasteiger partial charge in [-0.1, -0.05) is 49.4 Å². The van der Waals surface area contributed by atoms with Gasteiger partial charge in [0.25, 0.3) is 0 Å². The number of benzene rings is 2. The van der Waals surface area contributed by atoms with Crippen molar-refractivity contribution in [2.75, 3.05) is 0 Å². The number of hydrogen-bond acceptors (Lipinski definition) is 1. The van der Waals surface area contributed by atoms with E-state index in [1.807, 2.05) is 36.5 Å². The Morgan fingerprint density at radius 2 is 1.62 bits per heavy atom. The molecule has 0 bridgehead atoms. The molecule has 2 aromatic carbocycles. The van der Waals surface area contributed by atoms with E-state index in [4.69, 9.17) is 0 Å². The van der Waals surface area contributed by atoms with Crippen LogP contribution in [-0.2, 0) is 6.42 Å². The van der Waals surface area contributed by atoms with Gasteiger partial charge in [-0.15, -0.1) is 0 Å². The van der Waals surface area contributed by atoms with E-state index in [0.717, 1.165) is 17.7 Å². The van der Waals surface area contributed by atoms with Gasteiger partial charge in [0.1, 0.15) is 0 Å². The average molecular weight is 209 g/mol. The molecular weight excluding hydrogens is 194 g/mol. The number of rotatable bonds is 3. The smallest absolute Gasteiger partial charge is 0.0629 e. The molecule has 0 N–H and O–H groups in total. The number of para-hydroxylation sites is 1. The number of hydrogen-bond donors (Lipinski definition) is 0. The zero-order valence-corrected chi connectivity index (χ0v) is 9.43. The van der Waals surface area contributed by atoms with Crippen LogP contribution in [0.3, 0.4) is 0 Å². The molecule has 0 amide bonds. The highest BCUT2D eigenvalue weighted by molar-refractivity contribution is 5.81. The first-order chi connectivity index (χ1) is 7.88. The summed E-state index contributed by atoms with van der Waals surface area (Å²) in [5.74, 6) is 0. The van der Waals surface area contributed by atoms with Crippen molar-refractivity contribution >= 4 is 11.9 Å². The van der Waals surface area contributed by atoms with Crippen molar-refractivity contribution in [3.63, 3.8) is 0 Å². The molecule has 1 heteroatoms. The van der Waals surface area contributed by atoms with Crippen molar-refractivity contribution in [1.29, 1.82) is 0 Å². The lowest BCUT2D eigenvalue weighted by molar-refractivity contribution is 1.14. The van der Waals surface area contributed by atoms with E-state index in [2.05, 4.69) is 36.2 Å². The van der Waals surface area contributed by atoms with Crippen LogP contribution in [0.5, 0.6) is 0 Å². The standard InChI is InChI=1S/C15H15N/c1-2-13-8-10-14(11-9-13)12-16-15-6-4-3-5-7-15/h3-12H,2H2,1H3. The molecule has 0 aliphatic heterocycles. The first kappa shape index (κ1) is 10.6. The largest absolute Gasteiger partial charge is 0.256 e. The van der Waals surface area contributed by atoms with Crippen LogP contribution in [0.25, 0.3) is 0 Å². The molecule has 0 heterocycles. The summed E-state index contributed by atoms with van der Waals surface area (Å²) in [4.78, 5) is 4.41. The van der Waals surface area contributed by atoms with E-state index < -0.39 is 0 Å². The first-order valence-electron chi connectivity index (χ1n) is 5.56. The lowest BCUT2D eigenvalue weighted by Gasteiger charge is -1.97. The monoisotopic (exact) mass is 209 g/mol. The Bertz CT molecular complexity index is 455. The predicted octanol–water partition coefficient (Wildman–Crippen LogP) is 4.00. The molecule has 0 aromatic heterocycles. The Labute approximate surface area is 96.5 Å². The van der Waals surface area contributed by atoms with Gasteiger partial charge < -0.3 is 0 Å². The molecular formula is C15H15N. The third kappa shape index (κ3) is 2.80. The van der Waals surface area contributed by atoms with Crippen LogP contribution in [0.15, 0.2) is 59.6 Å². The van der Waals surface area contributed by atoms with E-state index >= 15 is 0 Å². The van der Waals surface area contributed by atoms with E-state index in [9.17, 15) is 0 Å². The Balaban J connectivity index is 2.12. The Morgan fingerprint density at radius 3 is 2.25 bits per heavy atom. The van der Waals surface area contributed by atoms with E-state index in [1.165, 1.54) is 5.56 Å². The quantitative estimate of drug-likeness (QED) is 0.677. The van der Waals surface area contributed by atoms with Crippen molar-refractivity contribution in [3.8, 4) is 0 Å². The maximum Gasteiger partial charge on any atom is 0.0629 e. The topological polar surface area (TPSA) is 12.4 Å². The molecule has 16 heavy (non-hydrogen) atoms. The van der Waals surface area contributed by atoms with E-state index in [0.29, 0.717) is 0 Å². The molecule has 1 nitrogen and oxygen atoms in total. The second kappa shape index (κ2) is 5.26. The lowest BCUT2D eigenvalue weighted by atomic mass is 10.1. The second-order valence-corrected chi connectivity index (χ2v) is 3.69. The predicted molar refractivity (Wildman–Crippen MR) is 69.5 cm³/mol. The summed E-state index contributed by atoms with van der Waals surface area (Å²) in [5.41, 5.74) is 3.49. The summed E-state index contributed by atoms with van der Waals surface area (Å²) < 4.78 is 0. The van der Waals surface area contributed by atoms with Gasteiger partial charge >= 0.3 is 0 Å². The maximum atomic E-state index is 4.41. The molecule has 2 rings (SSSR count). The number of aliphatic imine (C=N–C) groups is 1. The maximum absolute atomic E-state index is 4.41. The molecule has 80 valence electrons. The Hall–Kier alpha value is -1.89. The normalized spacial score (nSPS) is 10.8. The van der Waals surface area contributed by atoms with Crippen LogP contribution >= 0.6 is 0 Å². The summed E-state index contributed by atoms with van der Waals surface area (Å²) in [5, 5.41) is 0. The molecule has 0 unspecified atom stereocenters. The third-order valence-corrected chi connectivity index (χ3v) is 2.51. The SMILES string of the molecule is CCc1ccc(C=Nc2ccccc2)cc1. The first-order valence-corrected chi connectivity index (χ1v) is 5.56. The summed E-state index contributed by atoms with van der Waals surface area (Å²) in [6.45, 7) is 2.16. The minimum absolute atomic E-state index is 0.988. The van der Waals surface area contributed by atoms with Crippen molar-refractivity contribution in [2.45, 2.75) is 13.3 Å². The van der Waals surface area contributed by atoms with Crippen LogP contribution in [0.4, 0.5) is 5.69 Å². The van der Waals surface area contributed by atoms with Crippen molar-refractivity contribution < 1.29 is 0 Å². The lowest BCUT2D eigenvalue weighted by Crippen LogP contribution is -1.83. The van der Waals surface area contributed by atoms with Crippen molar-refractivity contribution in [1.82, 2.24) is 0 Å². The fourth-order valence-electron chi connectivity index (χ4n) is 1.50. The molecule has 0 atom stereocenters. The molecule has 0 saturated carbocycles. The van der Waals surface area contributed by atoms with Gasteiger partial charge in [0.15, 0.2) is 0 Å². The highest BCUT2D eigenvalue weighted by atomic mass is 14.7. The van der Waals surface area contributed by atoms with Gasteiger partial charge in [0, 0.05) is 6.21 Å². The summed E-state index contributed by atoms with van der Waals surface area (Å²) >= 11 is 0. The second-order valence-electron chi connectivity index (χ2n) is 3.69. The molecule has 0 aliphatic rings. The van der Waals surface area contributed by atoms with Crippen LogP contribution in [0, 0.1) is 0 Å². The summed E-state index contributed by atoms with van der Waals surface area (Å²) in [6, 6.07) is 18.5. The number of nitrogens with zero attached hydrogens (tertiary/aromatic N) is 1. The molecule has 0 fully saturated rings. The number of aryl methyl sites for hydroxylation is 1. The molecule has 0 aliphatic carbocycles. The third-order valence-electron chi connectivity index (χ3n) is 2.51. The fourth-order valence-corrected chi connectivity index (χ4v) is 1.50. The highest BCUT2D eigenvalue weighted by Gasteiger charge is 1.90. The van der Waals surface area contributed by atoms with E-state index in [1.54, 1.807) is 0 Å². The zero-order chi connectivity index (χ0) is 11.2. The Kier molecular flexibility index (Phi) is 3.50. The fraction of sp³-hybridized carbons (Fsp3) is 0.133. The summed E-state index contributed by atoms with van der Waals surface area (Å²) in [7, 11) is 0. The van der Waals surface area contributed by atoms with Crippen LogP contribution in [0.2, 0.25) is 0 Å². The zero-order valence-electron chi connectivity index (χ0n) is 9.43. The average Bonchev–Trinajstić information content (AvgIpc) is 2.38. The van der Waals surface area contributed by atoms with Crippen LogP contribution in [-0.4, -0.2) is 6.21 Å². The van der Waals surface area contributed by atoms with E-state index in [-0.39, 0.29) is 0 Å². The minimum Gasteiger partial charge on any atom is -0.256 e. The molecule has 0 spiro atoms. The highest BCUT2D eigenvalue weighted by Crippen LogP contribution is 2.10. The van der Waals surface area contributed by atoms with Gasteiger partial charge in [-0.3, -0.25) is 4.99 Å². The molecule has 2 aromatic rings. The van der Waals surface area contributed by atoms with Gasteiger partial charge in [-0.2, -0.15) is 0 Å². The summed E-state index contributed by atoms with van der Waals surface area (Å²) in [6.07, 6.45) is 2.98. The molecule has 0 radical (unpaired) electrons. The van der Waals surface area contributed by atoms with Crippen molar-refractivity contribution in [2.24, 2.45) is 4.99 Å². The van der Waals surface area contributed by atoms with Crippen LogP contribution in [0.1, 0.15) is 18.1 Å². The van der Waals surface area contributed by atoms with Crippen molar-refractivity contribution in [3.05, 3.63) is 65.7 Å². The van der Waals surface area contributed by atoms with Gasteiger partial charge in [0.2, 0.25) is 0 Å². The van der Waals surface area contributed by atoms with Gasteiger partial charge in [-0.25, -0.2) is 0 Å². The van der Waals surface area contributed by atoms with Gasteiger partial charge in [0.05, 0.1) is 5.69 Å². The minimum atomic E-state index is 0.988. The Morgan fingerprint density at radius 1 is 0.938 bits per heavy atom. The van der Waals surface area contributed by atoms with Gasteiger partial charge in [-0.05, 0) is 29.7 Å². The van der Waals surface area contributed by atoms with Crippen LogP contribution < -0.4 is 0 Å². The molecule has 0 saturated heterocycles.